The van der Waals surface area contributed by atoms with Crippen LogP contribution in [0, 0.1) is 0 Å². The summed E-state index contributed by atoms with van der Waals surface area (Å²) >= 11 is 0. The van der Waals surface area contributed by atoms with Crippen LogP contribution < -0.4 is 17.0 Å². The molecule has 6 heteroatoms. The van der Waals surface area contributed by atoms with E-state index in [0.717, 1.165) is 24.0 Å². The highest BCUT2D eigenvalue weighted by Gasteiger charge is 2.44. The maximum atomic E-state index is 12.3. The topological polar surface area (TPSA) is 59.7 Å². The van der Waals surface area contributed by atoms with Gasteiger partial charge in [-0.15, -0.1) is 0 Å². The highest BCUT2D eigenvalue weighted by Crippen LogP contribution is 2.30. The molecular weight excluding hydrogens is 350 g/mol. The van der Waals surface area contributed by atoms with E-state index in [2.05, 4.69) is 0 Å². The molecule has 5 nitrogen and oxygen atoms in total. The molecule has 0 aliphatic carbocycles. The Kier molecular flexibility index (Phi) is 5.35. The molecule has 3 heterocycles. The minimum Gasteiger partial charge on any atom is -1.00 e. The summed E-state index contributed by atoms with van der Waals surface area (Å²) < 4.78 is 11.8. The van der Waals surface area contributed by atoms with Crippen molar-refractivity contribution in [3.05, 3.63) is 24.2 Å². The first-order valence-electron chi connectivity index (χ1n) is 7.84. The minimum absolute atomic E-state index is 0. The molecular formula is C16H24BrNO4. The number of piperidine rings is 1. The molecule has 0 bridgehead atoms. The molecule has 0 aromatic carbocycles. The molecule has 0 saturated carbocycles. The lowest BCUT2D eigenvalue weighted by atomic mass is 10.0. The standard InChI is InChI=1S/C16H24NO4.BrH/c1-16(19,14-6-5-11-20-14)15(18)21-13-7-10-17(12-13)8-3-2-4-9-17;/h5-6,11,13,19H,2-4,7-10,12H2,1H3;1H/q+1;/p-1. The van der Waals surface area contributed by atoms with Crippen molar-refractivity contribution >= 4 is 5.97 Å². The summed E-state index contributed by atoms with van der Waals surface area (Å²) in [7, 11) is 0. The summed E-state index contributed by atoms with van der Waals surface area (Å²) in [6.07, 6.45) is 6.10. The first-order valence-corrected chi connectivity index (χ1v) is 7.84. The average Bonchev–Trinajstić information content (AvgIpc) is 3.11. The van der Waals surface area contributed by atoms with Crippen LogP contribution in [0.3, 0.4) is 0 Å². The van der Waals surface area contributed by atoms with Crippen LogP contribution in [-0.4, -0.2) is 47.8 Å². The van der Waals surface area contributed by atoms with E-state index >= 15 is 0 Å². The number of esters is 1. The number of hydrogen-bond donors (Lipinski definition) is 1. The van der Waals surface area contributed by atoms with Gasteiger partial charge in [-0.3, -0.25) is 0 Å². The molecule has 124 valence electrons. The van der Waals surface area contributed by atoms with E-state index < -0.39 is 11.6 Å². The van der Waals surface area contributed by atoms with Gasteiger partial charge in [0, 0.05) is 6.42 Å². The number of ether oxygens (including phenoxy) is 1. The Morgan fingerprint density at radius 2 is 2.09 bits per heavy atom. The van der Waals surface area contributed by atoms with Crippen molar-refractivity contribution in [3.8, 4) is 0 Å². The fraction of sp³-hybridized carbons (Fsp3) is 0.688. The van der Waals surface area contributed by atoms with Crippen molar-refractivity contribution in [2.75, 3.05) is 26.2 Å². The Labute approximate surface area is 141 Å². The van der Waals surface area contributed by atoms with E-state index in [4.69, 9.17) is 9.15 Å². The number of aliphatic hydroxyl groups is 1. The van der Waals surface area contributed by atoms with Crippen molar-refractivity contribution in [1.82, 2.24) is 0 Å². The third-order valence-electron chi connectivity index (χ3n) is 4.95. The third-order valence-corrected chi connectivity index (χ3v) is 4.95. The molecule has 22 heavy (non-hydrogen) atoms. The predicted molar refractivity (Wildman–Crippen MR) is 76.4 cm³/mol. The van der Waals surface area contributed by atoms with Gasteiger partial charge >= 0.3 is 5.97 Å². The van der Waals surface area contributed by atoms with Gasteiger partial charge in [-0.2, -0.15) is 0 Å². The van der Waals surface area contributed by atoms with Crippen LogP contribution >= 0.6 is 0 Å². The monoisotopic (exact) mass is 373 g/mol. The van der Waals surface area contributed by atoms with E-state index in [9.17, 15) is 9.90 Å². The summed E-state index contributed by atoms with van der Waals surface area (Å²) in [6, 6.07) is 3.25. The molecule has 1 aromatic rings. The zero-order valence-electron chi connectivity index (χ0n) is 13.0. The van der Waals surface area contributed by atoms with Gasteiger partial charge in [0.15, 0.2) is 6.10 Å². The van der Waals surface area contributed by atoms with Gasteiger partial charge in [0.1, 0.15) is 12.3 Å². The van der Waals surface area contributed by atoms with E-state index in [1.807, 2.05) is 0 Å². The van der Waals surface area contributed by atoms with Crippen molar-refractivity contribution in [2.45, 2.75) is 44.3 Å². The van der Waals surface area contributed by atoms with Crippen LogP contribution in [0.1, 0.15) is 38.4 Å². The zero-order valence-corrected chi connectivity index (χ0v) is 14.5. The molecule has 2 unspecified atom stereocenters. The number of quaternary nitrogens is 1. The van der Waals surface area contributed by atoms with E-state index in [1.165, 1.54) is 45.5 Å². The van der Waals surface area contributed by atoms with Gasteiger partial charge in [0.25, 0.3) is 0 Å². The Balaban J connectivity index is 0.00000176. The maximum absolute atomic E-state index is 12.3. The Morgan fingerprint density at radius 1 is 1.36 bits per heavy atom. The second-order valence-electron chi connectivity index (χ2n) is 6.62. The molecule has 1 N–H and O–H groups in total. The van der Waals surface area contributed by atoms with Crippen LogP contribution in [0.2, 0.25) is 0 Å². The van der Waals surface area contributed by atoms with Crippen molar-refractivity contribution in [1.29, 1.82) is 0 Å². The predicted octanol–water partition coefficient (Wildman–Crippen LogP) is -1.19. The Bertz CT molecular complexity index is 494. The van der Waals surface area contributed by atoms with Crippen LogP contribution in [0.4, 0.5) is 0 Å². The summed E-state index contributed by atoms with van der Waals surface area (Å²) in [5, 5.41) is 10.3. The second kappa shape index (κ2) is 6.72. The molecule has 2 fully saturated rings. The Hall–Kier alpha value is -0.850. The molecule has 2 aliphatic rings. The Morgan fingerprint density at radius 3 is 2.73 bits per heavy atom. The summed E-state index contributed by atoms with van der Waals surface area (Å²) in [5.74, 6) is -0.383. The molecule has 0 amide bonds. The molecule has 1 aromatic heterocycles. The highest BCUT2D eigenvalue weighted by atomic mass is 79.9. The SMILES string of the molecule is CC(O)(C(=O)OC1CC[N+]2(CCCCC2)C1)c1ccco1.[Br-]. The van der Waals surface area contributed by atoms with Gasteiger partial charge < -0.3 is 35.7 Å². The molecule has 1 spiro atoms. The number of nitrogens with zero attached hydrogens (tertiary/aromatic N) is 1. The van der Waals surface area contributed by atoms with Crippen molar-refractivity contribution < 1.29 is 40.5 Å². The fourth-order valence-corrected chi connectivity index (χ4v) is 3.64. The van der Waals surface area contributed by atoms with Crippen molar-refractivity contribution in [3.63, 3.8) is 0 Å². The molecule has 2 saturated heterocycles. The van der Waals surface area contributed by atoms with Crippen molar-refractivity contribution in [2.24, 2.45) is 0 Å². The minimum atomic E-state index is -1.71. The van der Waals surface area contributed by atoms with Gasteiger partial charge in [-0.1, -0.05) is 0 Å². The lowest BCUT2D eigenvalue weighted by Crippen LogP contribution is -3.00. The first kappa shape index (κ1) is 17.5. The molecule has 3 rings (SSSR count). The van der Waals surface area contributed by atoms with Crippen LogP contribution in [0.5, 0.6) is 0 Å². The van der Waals surface area contributed by atoms with Gasteiger partial charge in [-0.25, -0.2) is 4.79 Å². The highest BCUT2D eigenvalue weighted by molar-refractivity contribution is 5.79. The number of halogens is 1. The summed E-state index contributed by atoms with van der Waals surface area (Å²) in [5.41, 5.74) is -1.71. The normalized spacial score (nSPS) is 26.2. The van der Waals surface area contributed by atoms with Gasteiger partial charge in [0.05, 0.1) is 25.9 Å². The van der Waals surface area contributed by atoms with E-state index in [-0.39, 0.29) is 28.8 Å². The van der Waals surface area contributed by atoms with Crippen LogP contribution in [-0.2, 0) is 15.1 Å². The zero-order chi connectivity index (χ0) is 14.9. The largest absolute Gasteiger partial charge is 1.00 e. The average molecular weight is 374 g/mol. The first-order chi connectivity index (χ1) is 10.0. The maximum Gasteiger partial charge on any atom is 0.346 e. The second-order valence-corrected chi connectivity index (χ2v) is 6.62. The fourth-order valence-electron chi connectivity index (χ4n) is 3.64. The van der Waals surface area contributed by atoms with Crippen LogP contribution in [0.15, 0.2) is 22.8 Å². The third kappa shape index (κ3) is 3.39. The lowest BCUT2D eigenvalue weighted by Gasteiger charge is -2.37. The van der Waals surface area contributed by atoms with Crippen LogP contribution in [0.25, 0.3) is 0 Å². The summed E-state index contributed by atoms with van der Waals surface area (Å²) in [6.45, 7) is 5.79. The molecule has 0 radical (unpaired) electrons. The molecule has 2 atom stereocenters. The number of furan rings is 1. The van der Waals surface area contributed by atoms with Gasteiger partial charge in [0.2, 0.25) is 5.60 Å². The summed E-state index contributed by atoms with van der Waals surface area (Å²) in [4.78, 5) is 12.3. The number of carbonyl (C=O) groups excluding carboxylic acids is 1. The lowest BCUT2D eigenvalue weighted by molar-refractivity contribution is -0.922. The number of carbonyl (C=O) groups is 1. The number of hydrogen-bond acceptors (Lipinski definition) is 4. The van der Waals surface area contributed by atoms with Gasteiger partial charge in [-0.05, 0) is 38.3 Å². The van der Waals surface area contributed by atoms with E-state index in [1.54, 1.807) is 12.1 Å². The quantitative estimate of drug-likeness (QED) is 0.534. The van der Waals surface area contributed by atoms with E-state index in [0.29, 0.717) is 0 Å². The molecule has 2 aliphatic heterocycles. The number of rotatable bonds is 3. The smallest absolute Gasteiger partial charge is 0.346 e.